The summed E-state index contributed by atoms with van der Waals surface area (Å²) in [7, 11) is 0. The molecule has 24 heavy (non-hydrogen) atoms. The summed E-state index contributed by atoms with van der Waals surface area (Å²) >= 11 is 3.46. The van der Waals surface area contributed by atoms with E-state index in [1.807, 2.05) is 19.9 Å². The van der Waals surface area contributed by atoms with E-state index in [9.17, 15) is 0 Å². The third-order valence-electron chi connectivity index (χ3n) is 2.78. The fourth-order valence-corrected chi connectivity index (χ4v) is 2.18. The Kier molecular flexibility index (Phi) is 6.13. The molecule has 0 aliphatic heterocycles. The summed E-state index contributed by atoms with van der Waals surface area (Å²) in [5.74, 6) is 1.31. The molecule has 0 radical (unpaired) electrons. The van der Waals surface area contributed by atoms with E-state index in [-0.39, 0.29) is 17.3 Å². The molecule has 1 heterocycles. The van der Waals surface area contributed by atoms with Crippen molar-refractivity contribution in [2.75, 3.05) is 18.9 Å². The van der Waals surface area contributed by atoms with E-state index in [1.165, 1.54) is 6.21 Å². The van der Waals surface area contributed by atoms with Gasteiger partial charge in [-0.1, -0.05) is 0 Å². The molecule has 10 heteroatoms. The number of nitrogens with two attached hydrogens (primary N) is 2. The van der Waals surface area contributed by atoms with Crippen molar-refractivity contribution in [2.24, 2.45) is 15.9 Å². The molecule has 0 saturated carbocycles. The largest absolute Gasteiger partial charge is 0.490 e. The molecule has 0 saturated heterocycles. The highest BCUT2D eigenvalue weighted by Crippen LogP contribution is 2.33. The standard InChI is InChI=1S/C14H17BrN6O3/c1-3-22-10-5-8(9(15)6-11(10)23-4-2)7-18-19-13(16)12-14(17)21-24-20-12/h5-7H,3-4H2,1-2H3,(H2,16,19)(H2,17,21). The summed E-state index contributed by atoms with van der Waals surface area (Å²) in [6, 6.07) is 3.60. The quantitative estimate of drug-likeness (QED) is 0.414. The molecule has 2 rings (SSSR count). The van der Waals surface area contributed by atoms with Gasteiger partial charge in [-0.05, 0) is 52.2 Å². The molecule has 4 N–H and O–H groups in total. The van der Waals surface area contributed by atoms with Crippen LogP contribution in [0.3, 0.4) is 0 Å². The number of nitrogens with zero attached hydrogens (tertiary/aromatic N) is 4. The van der Waals surface area contributed by atoms with Crippen molar-refractivity contribution in [1.82, 2.24) is 10.3 Å². The van der Waals surface area contributed by atoms with Gasteiger partial charge in [0.1, 0.15) is 0 Å². The molecule has 0 unspecified atom stereocenters. The molecule has 1 aromatic carbocycles. The maximum Gasteiger partial charge on any atom is 0.199 e. The van der Waals surface area contributed by atoms with Crippen LogP contribution in [0.4, 0.5) is 5.82 Å². The lowest BCUT2D eigenvalue weighted by Gasteiger charge is -2.12. The smallest absolute Gasteiger partial charge is 0.199 e. The lowest BCUT2D eigenvalue weighted by Crippen LogP contribution is -2.15. The summed E-state index contributed by atoms with van der Waals surface area (Å²) in [6.45, 7) is 4.85. The molecule has 0 bridgehead atoms. The first-order valence-corrected chi connectivity index (χ1v) is 7.90. The minimum atomic E-state index is -0.00269. The molecule has 2 aromatic rings. The molecule has 0 aliphatic rings. The van der Waals surface area contributed by atoms with Gasteiger partial charge in [-0.2, -0.15) is 5.10 Å². The Labute approximate surface area is 146 Å². The number of halogens is 1. The molecule has 1 aromatic heterocycles. The number of hydrogen-bond donors (Lipinski definition) is 2. The summed E-state index contributed by atoms with van der Waals surface area (Å²) < 4.78 is 16.3. The molecule has 0 amide bonds. The highest BCUT2D eigenvalue weighted by molar-refractivity contribution is 9.10. The van der Waals surface area contributed by atoms with Crippen molar-refractivity contribution >= 4 is 33.8 Å². The van der Waals surface area contributed by atoms with Gasteiger partial charge >= 0.3 is 0 Å². The number of hydrogen-bond acceptors (Lipinski definition) is 8. The first-order valence-electron chi connectivity index (χ1n) is 7.10. The zero-order chi connectivity index (χ0) is 17.5. The van der Waals surface area contributed by atoms with Crippen LogP contribution in [0, 0.1) is 0 Å². The van der Waals surface area contributed by atoms with Crippen molar-refractivity contribution in [1.29, 1.82) is 0 Å². The van der Waals surface area contributed by atoms with Crippen LogP contribution in [0.25, 0.3) is 0 Å². The maximum atomic E-state index is 5.72. The summed E-state index contributed by atoms with van der Waals surface area (Å²) in [4.78, 5) is 0. The average molecular weight is 397 g/mol. The second kappa shape index (κ2) is 8.29. The average Bonchev–Trinajstić information content (AvgIpc) is 2.97. The van der Waals surface area contributed by atoms with Gasteiger partial charge < -0.3 is 20.9 Å². The zero-order valence-corrected chi connectivity index (χ0v) is 14.8. The van der Waals surface area contributed by atoms with Gasteiger partial charge in [-0.3, -0.25) is 0 Å². The number of aromatic nitrogens is 2. The topological polar surface area (TPSA) is 134 Å². The third-order valence-corrected chi connectivity index (χ3v) is 3.47. The van der Waals surface area contributed by atoms with Crippen LogP contribution >= 0.6 is 15.9 Å². The first kappa shape index (κ1) is 17.7. The number of amidine groups is 1. The van der Waals surface area contributed by atoms with E-state index in [0.29, 0.717) is 24.7 Å². The second-order valence-corrected chi connectivity index (χ2v) is 5.27. The lowest BCUT2D eigenvalue weighted by atomic mass is 10.2. The minimum absolute atomic E-state index is 0.00269. The van der Waals surface area contributed by atoms with Crippen LogP contribution in [0.1, 0.15) is 25.1 Å². The number of benzene rings is 1. The fraction of sp³-hybridized carbons (Fsp3) is 0.286. The number of ether oxygens (including phenoxy) is 2. The molecular formula is C14H17BrN6O3. The highest BCUT2D eigenvalue weighted by Gasteiger charge is 2.11. The van der Waals surface area contributed by atoms with E-state index in [0.717, 1.165) is 10.0 Å². The predicted molar refractivity (Wildman–Crippen MR) is 93.5 cm³/mol. The summed E-state index contributed by atoms with van der Waals surface area (Å²) in [5.41, 5.74) is 12.1. The van der Waals surface area contributed by atoms with Crippen LogP contribution < -0.4 is 20.9 Å². The van der Waals surface area contributed by atoms with E-state index in [4.69, 9.17) is 20.9 Å². The molecule has 128 valence electrons. The Morgan fingerprint density at radius 3 is 2.50 bits per heavy atom. The zero-order valence-electron chi connectivity index (χ0n) is 13.2. The molecule has 0 atom stereocenters. The van der Waals surface area contributed by atoms with Crippen molar-refractivity contribution in [2.45, 2.75) is 13.8 Å². The lowest BCUT2D eigenvalue weighted by molar-refractivity contribution is 0.287. The summed E-state index contributed by atoms with van der Waals surface area (Å²) in [6.07, 6.45) is 1.51. The van der Waals surface area contributed by atoms with Crippen molar-refractivity contribution in [3.05, 3.63) is 27.9 Å². The van der Waals surface area contributed by atoms with Crippen LogP contribution in [-0.2, 0) is 0 Å². The predicted octanol–water partition coefficient (Wildman–Crippen LogP) is 1.95. The third kappa shape index (κ3) is 4.22. The minimum Gasteiger partial charge on any atom is -0.490 e. The van der Waals surface area contributed by atoms with Crippen molar-refractivity contribution < 1.29 is 14.1 Å². The Balaban J connectivity index is 2.25. The van der Waals surface area contributed by atoms with E-state index >= 15 is 0 Å². The number of anilines is 1. The molecule has 0 aliphatic carbocycles. The Bertz CT molecular complexity index is 759. The van der Waals surface area contributed by atoms with Gasteiger partial charge in [0.05, 0.1) is 19.4 Å². The molecule has 0 spiro atoms. The first-order chi connectivity index (χ1) is 11.6. The Hall–Kier alpha value is -2.62. The maximum absolute atomic E-state index is 5.72. The molecule has 0 fully saturated rings. The van der Waals surface area contributed by atoms with Gasteiger partial charge in [-0.15, -0.1) is 5.10 Å². The monoisotopic (exact) mass is 396 g/mol. The molecule has 9 nitrogen and oxygen atoms in total. The van der Waals surface area contributed by atoms with E-state index < -0.39 is 0 Å². The Morgan fingerprint density at radius 2 is 1.92 bits per heavy atom. The summed E-state index contributed by atoms with van der Waals surface area (Å²) in [5, 5.41) is 14.7. The van der Waals surface area contributed by atoms with E-state index in [2.05, 4.69) is 41.1 Å². The van der Waals surface area contributed by atoms with Crippen LogP contribution in [-0.4, -0.2) is 35.6 Å². The normalized spacial score (nSPS) is 11.9. The van der Waals surface area contributed by atoms with Gasteiger partial charge in [-0.25, -0.2) is 4.63 Å². The van der Waals surface area contributed by atoms with Gasteiger partial charge in [0, 0.05) is 10.0 Å². The van der Waals surface area contributed by atoms with Crippen LogP contribution in [0.5, 0.6) is 11.5 Å². The second-order valence-electron chi connectivity index (χ2n) is 4.41. The van der Waals surface area contributed by atoms with Crippen LogP contribution in [0.2, 0.25) is 0 Å². The number of nitrogen functional groups attached to an aromatic ring is 1. The van der Waals surface area contributed by atoms with Crippen molar-refractivity contribution in [3.8, 4) is 11.5 Å². The van der Waals surface area contributed by atoms with Gasteiger partial charge in [0.2, 0.25) is 0 Å². The molecular weight excluding hydrogens is 380 g/mol. The Morgan fingerprint density at radius 1 is 1.25 bits per heavy atom. The van der Waals surface area contributed by atoms with Gasteiger partial charge in [0.25, 0.3) is 0 Å². The number of rotatable bonds is 7. The van der Waals surface area contributed by atoms with E-state index in [1.54, 1.807) is 6.07 Å². The van der Waals surface area contributed by atoms with Gasteiger partial charge in [0.15, 0.2) is 28.8 Å². The van der Waals surface area contributed by atoms with Crippen molar-refractivity contribution in [3.63, 3.8) is 0 Å². The highest BCUT2D eigenvalue weighted by atomic mass is 79.9. The van der Waals surface area contributed by atoms with Crippen LogP contribution in [0.15, 0.2) is 31.4 Å². The fourth-order valence-electron chi connectivity index (χ4n) is 1.76. The SMILES string of the molecule is CCOc1cc(Br)c(C=NN=C(N)c2nonc2N)cc1OCC.